The van der Waals surface area contributed by atoms with Crippen LogP contribution in [-0.2, 0) is 0 Å². The van der Waals surface area contributed by atoms with Crippen LogP contribution in [0.15, 0.2) is 36.4 Å². The van der Waals surface area contributed by atoms with Gasteiger partial charge in [0.15, 0.2) is 11.5 Å². The molecule has 0 spiro atoms. The Morgan fingerprint density at radius 3 is 2.42 bits per heavy atom. The summed E-state index contributed by atoms with van der Waals surface area (Å²) < 4.78 is 11.0. The summed E-state index contributed by atoms with van der Waals surface area (Å²) in [6, 6.07) is 12.5. The fourth-order valence-corrected chi connectivity index (χ4v) is 2.03. The van der Waals surface area contributed by atoms with E-state index in [2.05, 4.69) is 0 Å². The van der Waals surface area contributed by atoms with Crippen LogP contribution in [-0.4, -0.2) is 18.3 Å². The first-order chi connectivity index (χ1) is 9.28. The van der Waals surface area contributed by atoms with Gasteiger partial charge in [-0.2, -0.15) is 5.26 Å². The Morgan fingerprint density at radius 1 is 0.947 bits per heavy atom. The third-order valence-electron chi connectivity index (χ3n) is 2.99. The fourth-order valence-electron chi connectivity index (χ4n) is 2.03. The molecular formula is C15H11NO3. The molecule has 94 valence electrons. The van der Waals surface area contributed by atoms with E-state index in [1.54, 1.807) is 12.1 Å². The summed E-state index contributed by atoms with van der Waals surface area (Å²) in [5, 5.41) is 18.4. The number of nitriles is 1. The summed E-state index contributed by atoms with van der Waals surface area (Å²) in [7, 11) is 0. The van der Waals surface area contributed by atoms with Gasteiger partial charge in [-0.25, -0.2) is 0 Å². The number of benzene rings is 2. The average molecular weight is 253 g/mol. The van der Waals surface area contributed by atoms with Crippen LogP contribution < -0.4 is 9.47 Å². The number of phenols is 1. The van der Waals surface area contributed by atoms with Crippen molar-refractivity contribution in [2.75, 3.05) is 13.2 Å². The number of nitrogens with zero attached hydrogens (tertiary/aromatic N) is 1. The summed E-state index contributed by atoms with van der Waals surface area (Å²) in [6.07, 6.45) is 0. The lowest BCUT2D eigenvalue weighted by atomic mass is 10.0. The largest absolute Gasteiger partial charge is 0.507 e. The number of hydrogen-bond acceptors (Lipinski definition) is 4. The molecule has 2 aromatic carbocycles. The Labute approximate surface area is 110 Å². The van der Waals surface area contributed by atoms with E-state index in [-0.39, 0.29) is 11.3 Å². The lowest BCUT2D eigenvalue weighted by Crippen LogP contribution is -2.15. The molecule has 0 bridgehead atoms. The lowest BCUT2D eigenvalue weighted by Gasteiger charge is -2.19. The normalized spacial score (nSPS) is 12.8. The van der Waals surface area contributed by atoms with Crippen LogP contribution in [0, 0.1) is 11.3 Å². The SMILES string of the molecule is N#Cc1cc(-c2ccc3c(c2)OCCO3)ccc1O. The van der Waals surface area contributed by atoms with Crippen LogP contribution in [0.4, 0.5) is 0 Å². The van der Waals surface area contributed by atoms with E-state index in [9.17, 15) is 5.11 Å². The highest BCUT2D eigenvalue weighted by atomic mass is 16.6. The molecule has 0 aliphatic carbocycles. The van der Waals surface area contributed by atoms with Crippen molar-refractivity contribution in [3.05, 3.63) is 42.0 Å². The third-order valence-corrected chi connectivity index (χ3v) is 2.99. The van der Waals surface area contributed by atoms with Gasteiger partial charge in [0.1, 0.15) is 25.0 Å². The van der Waals surface area contributed by atoms with Crippen molar-refractivity contribution in [2.24, 2.45) is 0 Å². The van der Waals surface area contributed by atoms with Gasteiger partial charge in [-0.15, -0.1) is 0 Å². The Bertz CT molecular complexity index is 674. The molecule has 0 saturated heterocycles. The van der Waals surface area contributed by atoms with Gasteiger partial charge < -0.3 is 14.6 Å². The molecule has 0 unspecified atom stereocenters. The molecule has 2 aromatic rings. The molecule has 0 aromatic heterocycles. The molecule has 0 fully saturated rings. The number of hydrogen-bond donors (Lipinski definition) is 1. The highest BCUT2D eigenvalue weighted by Gasteiger charge is 2.13. The standard InChI is InChI=1S/C15H11NO3/c16-9-12-7-10(1-3-13(12)17)11-2-4-14-15(8-11)19-6-5-18-14/h1-4,7-8,17H,5-6H2. The minimum absolute atomic E-state index is 0.0104. The second kappa shape index (κ2) is 4.54. The maximum absolute atomic E-state index is 9.51. The van der Waals surface area contributed by atoms with Gasteiger partial charge in [0.25, 0.3) is 0 Å². The second-order valence-corrected chi connectivity index (χ2v) is 4.20. The summed E-state index contributed by atoms with van der Waals surface area (Å²) in [4.78, 5) is 0. The molecule has 1 aliphatic rings. The van der Waals surface area contributed by atoms with E-state index < -0.39 is 0 Å². The maximum atomic E-state index is 9.51. The minimum Gasteiger partial charge on any atom is -0.507 e. The summed E-state index contributed by atoms with van der Waals surface area (Å²) >= 11 is 0. The van der Waals surface area contributed by atoms with Crippen LogP contribution in [0.5, 0.6) is 17.2 Å². The molecule has 19 heavy (non-hydrogen) atoms. The molecule has 0 amide bonds. The Balaban J connectivity index is 2.05. The van der Waals surface area contributed by atoms with E-state index in [1.165, 1.54) is 6.07 Å². The van der Waals surface area contributed by atoms with Crippen LogP contribution in [0.25, 0.3) is 11.1 Å². The summed E-state index contributed by atoms with van der Waals surface area (Å²) in [5.74, 6) is 1.42. The average Bonchev–Trinajstić information content (AvgIpc) is 2.47. The zero-order valence-corrected chi connectivity index (χ0v) is 10.1. The number of rotatable bonds is 1. The first kappa shape index (κ1) is 11.4. The van der Waals surface area contributed by atoms with Crippen molar-refractivity contribution in [1.29, 1.82) is 5.26 Å². The minimum atomic E-state index is -0.0104. The molecule has 4 heteroatoms. The molecule has 0 saturated carbocycles. The predicted octanol–water partition coefficient (Wildman–Crippen LogP) is 2.70. The second-order valence-electron chi connectivity index (χ2n) is 4.20. The van der Waals surface area contributed by atoms with Gasteiger partial charge in [0, 0.05) is 0 Å². The number of phenolic OH excluding ortho intramolecular Hbond substituents is 1. The van der Waals surface area contributed by atoms with Crippen molar-refractivity contribution in [1.82, 2.24) is 0 Å². The van der Waals surface area contributed by atoms with Crippen molar-refractivity contribution in [2.45, 2.75) is 0 Å². The maximum Gasteiger partial charge on any atom is 0.161 e. The van der Waals surface area contributed by atoms with Gasteiger partial charge in [-0.1, -0.05) is 12.1 Å². The molecular weight excluding hydrogens is 242 g/mol. The highest BCUT2D eigenvalue weighted by molar-refractivity contribution is 5.70. The fraction of sp³-hybridized carbons (Fsp3) is 0.133. The molecule has 0 radical (unpaired) electrons. The van der Waals surface area contributed by atoms with Crippen molar-refractivity contribution < 1.29 is 14.6 Å². The lowest BCUT2D eigenvalue weighted by molar-refractivity contribution is 0.171. The third kappa shape index (κ3) is 2.06. The summed E-state index contributed by atoms with van der Waals surface area (Å²) in [5.41, 5.74) is 2.03. The van der Waals surface area contributed by atoms with Crippen molar-refractivity contribution in [3.63, 3.8) is 0 Å². The van der Waals surface area contributed by atoms with E-state index in [0.29, 0.717) is 19.0 Å². The van der Waals surface area contributed by atoms with Crippen LogP contribution in [0.1, 0.15) is 5.56 Å². The molecule has 1 heterocycles. The first-order valence-electron chi connectivity index (χ1n) is 5.91. The Morgan fingerprint density at radius 2 is 1.63 bits per heavy atom. The van der Waals surface area contributed by atoms with Crippen LogP contribution in [0.2, 0.25) is 0 Å². The van der Waals surface area contributed by atoms with E-state index >= 15 is 0 Å². The molecule has 1 N–H and O–H groups in total. The van der Waals surface area contributed by atoms with Gasteiger partial charge in [-0.05, 0) is 35.4 Å². The van der Waals surface area contributed by atoms with Crippen molar-refractivity contribution in [3.8, 4) is 34.4 Å². The van der Waals surface area contributed by atoms with Gasteiger partial charge in [-0.3, -0.25) is 0 Å². The number of ether oxygens (including phenoxy) is 2. The number of fused-ring (bicyclic) bond motifs is 1. The van der Waals surface area contributed by atoms with E-state index in [4.69, 9.17) is 14.7 Å². The molecule has 4 nitrogen and oxygen atoms in total. The van der Waals surface area contributed by atoms with Gasteiger partial charge >= 0.3 is 0 Å². The Kier molecular flexibility index (Phi) is 2.73. The smallest absolute Gasteiger partial charge is 0.161 e. The van der Waals surface area contributed by atoms with E-state index in [1.807, 2.05) is 24.3 Å². The number of aromatic hydroxyl groups is 1. The summed E-state index contributed by atoms with van der Waals surface area (Å²) in [6.45, 7) is 1.10. The Hall–Kier alpha value is -2.67. The van der Waals surface area contributed by atoms with Crippen LogP contribution >= 0.6 is 0 Å². The zero-order chi connectivity index (χ0) is 13.2. The first-order valence-corrected chi connectivity index (χ1v) is 5.91. The van der Waals surface area contributed by atoms with E-state index in [0.717, 1.165) is 16.9 Å². The predicted molar refractivity (Wildman–Crippen MR) is 69.2 cm³/mol. The highest BCUT2D eigenvalue weighted by Crippen LogP contribution is 2.35. The zero-order valence-electron chi connectivity index (χ0n) is 10.1. The molecule has 1 aliphatic heterocycles. The molecule has 0 atom stereocenters. The molecule has 3 rings (SSSR count). The van der Waals surface area contributed by atoms with Gasteiger partial charge in [0.2, 0.25) is 0 Å². The quantitative estimate of drug-likeness (QED) is 0.848. The van der Waals surface area contributed by atoms with Crippen molar-refractivity contribution >= 4 is 0 Å². The van der Waals surface area contributed by atoms with Crippen LogP contribution in [0.3, 0.4) is 0 Å². The topological polar surface area (TPSA) is 62.5 Å². The van der Waals surface area contributed by atoms with Gasteiger partial charge in [0.05, 0.1) is 5.56 Å². The monoisotopic (exact) mass is 253 g/mol.